The lowest BCUT2D eigenvalue weighted by Crippen LogP contribution is -2.37. The average molecular weight is 257 g/mol. The van der Waals surface area contributed by atoms with Crippen molar-refractivity contribution in [1.82, 2.24) is 9.62 Å². The van der Waals surface area contributed by atoms with Gasteiger partial charge < -0.3 is 4.90 Å². The van der Waals surface area contributed by atoms with Crippen molar-refractivity contribution in [2.75, 3.05) is 32.3 Å². The first-order valence-electron chi connectivity index (χ1n) is 4.62. The molecule has 0 fully saturated rings. The minimum absolute atomic E-state index is 0.0143. The number of rotatable bonds is 7. The second kappa shape index (κ2) is 7.03. The van der Waals surface area contributed by atoms with E-state index in [1.54, 1.807) is 14.1 Å². The highest BCUT2D eigenvalue weighted by Gasteiger charge is 2.12. The Kier molecular flexibility index (Phi) is 6.87. The molecule has 0 atom stereocenters. The van der Waals surface area contributed by atoms with Crippen molar-refractivity contribution in [2.45, 2.75) is 12.8 Å². The van der Waals surface area contributed by atoms with E-state index in [0.29, 0.717) is 18.7 Å². The number of nitrogens with one attached hydrogen (secondary N) is 1. The molecule has 0 radical (unpaired) electrons. The van der Waals surface area contributed by atoms with Crippen molar-refractivity contribution in [3.8, 4) is 0 Å². The van der Waals surface area contributed by atoms with E-state index in [9.17, 15) is 13.2 Å². The number of nitrogens with zero attached hydrogens (tertiary/aromatic N) is 1. The van der Waals surface area contributed by atoms with Crippen molar-refractivity contribution in [2.24, 2.45) is 0 Å². The molecule has 0 heterocycles. The minimum atomic E-state index is -3.34. The molecule has 0 spiro atoms. The van der Waals surface area contributed by atoms with Crippen molar-refractivity contribution in [3.63, 3.8) is 0 Å². The third kappa shape index (κ3) is 7.58. The second-order valence-corrected chi connectivity index (χ2v) is 5.63. The predicted octanol–water partition coefficient (Wildman–Crippen LogP) is 0.0130. The number of carbonyl (C=O) groups is 1. The number of hydrogen-bond acceptors (Lipinski definition) is 3. The zero-order valence-electron chi connectivity index (χ0n) is 8.99. The van der Waals surface area contributed by atoms with Crippen LogP contribution in [0.15, 0.2) is 0 Å². The van der Waals surface area contributed by atoms with Gasteiger partial charge in [-0.3, -0.25) is 4.79 Å². The number of halogens is 1. The van der Waals surface area contributed by atoms with Crippen LogP contribution in [0.2, 0.25) is 0 Å². The normalized spacial score (nSPS) is 11.4. The molecule has 0 aromatic carbocycles. The maximum Gasteiger partial charge on any atom is 0.237 e. The van der Waals surface area contributed by atoms with Gasteiger partial charge in [0.05, 0.1) is 12.3 Å². The van der Waals surface area contributed by atoms with Crippen molar-refractivity contribution >= 4 is 27.5 Å². The number of alkyl halides is 1. The number of amides is 1. The fourth-order valence-electron chi connectivity index (χ4n) is 0.789. The molecule has 0 bridgehead atoms. The Morgan fingerprint density at radius 3 is 2.40 bits per heavy atom. The van der Waals surface area contributed by atoms with Crippen LogP contribution in [0, 0.1) is 0 Å². The van der Waals surface area contributed by atoms with E-state index in [1.807, 2.05) is 0 Å². The van der Waals surface area contributed by atoms with Gasteiger partial charge in [0.25, 0.3) is 0 Å². The number of carbonyl (C=O) groups excluding carboxylic acids is 1. The monoisotopic (exact) mass is 256 g/mol. The first-order valence-corrected chi connectivity index (χ1v) is 6.81. The number of hydrogen-bond donors (Lipinski definition) is 1. The lowest BCUT2D eigenvalue weighted by Gasteiger charge is -2.11. The maximum absolute atomic E-state index is 11.3. The van der Waals surface area contributed by atoms with Crippen LogP contribution in [-0.2, 0) is 14.8 Å². The Labute approximate surface area is 95.8 Å². The number of unbranched alkanes of at least 4 members (excludes halogenated alkanes) is 1. The van der Waals surface area contributed by atoms with Crippen molar-refractivity contribution in [3.05, 3.63) is 0 Å². The summed E-state index contributed by atoms with van der Waals surface area (Å²) in [5, 5.41) is 0. The van der Waals surface area contributed by atoms with Gasteiger partial charge in [-0.05, 0) is 12.8 Å². The van der Waals surface area contributed by atoms with Crippen LogP contribution in [0.3, 0.4) is 0 Å². The molecule has 0 aliphatic heterocycles. The van der Waals surface area contributed by atoms with Gasteiger partial charge in [0.1, 0.15) is 0 Å². The van der Waals surface area contributed by atoms with E-state index >= 15 is 0 Å². The Balaban J connectivity index is 3.89. The van der Waals surface area contributed by atoms with Crippen LogP contribution >= 0.6 is 11.6 Å². The Morgan fingerprint density at radius 2 is 1.93 bits per heavy atom. The Morgan fingerprint density at radius 1 is 1.33 bits per heavy atom. The van der Waals surface area contributed by atoms with Gasteiger partial charge in [-0.1, -0.05) is 0 Å². The molecule has 5 nitrogen and oxygen atoms in total. The van der Waals surface area contributed by atoms with Crippen LogP contribution < -0.4 is 4.72 Å². The predicted molar refractivity (Wildman–Crippen MR) is 60.4 cm³/mol. The van der Waals surface area contributed by atoms with Crippen LogP contribution in [0.5, 0.6) is 0 Å². The molecule has 0 aromatic heterocycles. The molecule has 0 aliphatic carbocycles. The largest absolute Gasteiger partial charge is 0.348 e. The molecule has 0 saturated carbocycles. The molecular formula is C8H17ClN2O3S. The molecule has 0 aromatic rings. The zero-order chi connectivity index (χ0) is 11.9. The van der Waals surface area contributed by atoms with Crippen molar-refractivity contribution in [1.29, 1.82) is 0 Å². The Bertz CT molecular complexity index is 290. The molecule has 1 N–H and O–H groups in total. The molecule has 0 rings (SSSR count). The van der Waals surface area contributed by atoms with Crippen LogP contribution in [0.1, 0.15) is 12.8 Å². The summed E-state index contributed by atoms with van der Waals surface area (Å²) in [7, 11) is -0.191. The topological polar surface area (TPSA) is 66.5 Å². The highest BCUT2D eigenvalue weighted by atomic mass is 35.5. The third-order valence-electron chi connectivity index (χ3n) is 1.74. The van der Waals surface area contributed by atoms with Crippen LogP contribution in [0.25, 0.3) is 0 Å². The molecule has 15 heavy (non-hydrogen) atoms. The smallest absolute Gasteiger partial charge is 0.237 e. The molecular weight excluding hydrogens is 240 g/mol. The second-order valence-electron chi connectivity index (χ2n) is 3.32. The first-order chi connectivity index (χ1) is 6.89. The first kappa shape index (κ1) is 14.7. The summed E-state index contributed by atoms with van der Waals surface area (Å²) in [5.41, 5.74) is 0. The summed E-state index contributed by atoms with van der Waals surface area (Å²) in [4.78, 5) is 12.4. The van der Waals surface area contributed by atoms with Crippen LogP contribution in [-0.4, -0.2) is 51.5 Å². The lowest BCUT2D eigenvalue weighted by atomic mass is 10.4. The highest BCUT2D eigenvalue weighted by molar-refractivity contribution is 7.89. The van der Waals surface area contributed by atoms with Gasteiger partial charge in [-0.2, -0.15) is 0 Å². The molecule has 0 aliphatic rings. The average Bonchev–Trinajstić information content (AvgIpc) is 2.14. The summed E-state index contributed by atoms with van der Waals surface area (Å²) in [5.74, 6) is 0.197. The van der Waals surface area contributed by atoms with E-state index < -0.39 is 10.0 Å². The van der Waals surface area contributed by atoms with E-state index in [1.165, 1.54) is 4.90 Å². The standard InChI is InChI=1S/C8H17ClN2O3S/c1-11(2)8(12)7-10-15(13,14)6-4-3-5-9/h10H,3-7H2,1-2H3. The minimum Gasteiger partial charge on any atom is -0.348 e. The number of likely N-dealkylation sites (N-methyl/N-ethyl adjacent to an activating group) is 1. The van der Waals surface area contributed by atoms with Gasteiger partial charge in [0.15, 0.2) is 0 Å². The van der Waals surface area contributed by atoms with Gasteiger partial charge in [-0.15, -0.1) is 11.6 Å². The van der Waals surface area contributed by atoms with Gasteiger partial charge in [0.2, 0.25) is 15.9 Å². The Hall–Kier alpha value is -0.330. The van der Waals surface area contributed by atoms with E-state index in [-0.39, 0.29) is 18.2 Å². The van der Waals surface area contributed by atoms with E-state index in [0.717, 1.165) is 0 Å². The quantitative estimate of drug-likeness (QED) is 0.516. The molecule has 7 heteroatoms. The van der Waals surface area contributed by atoms with Gasteiger partial charge in [-0.25, -0.2) is 13.1 Å². The summed E-state index contributed by atoms with van der Waals surface area (Å²) < 4.78 is 24.9. The number of sulfonamides is 1. The molecule has 0 unspecified atom stereocenters. The zero-order valence-corrected chi connectivity index (χ0v) is 10.6. The highest BCUT2D eigenvalue weighted by Crippen LogP contribution is 1.96. The summed E-state index contributed by atoms with van der Waals surface area (Å²) >= 11 is 5.42. The molecule has 1 amide bonds. The SMILES string of the molecule is CN(C)C(=O)CNS(=O)(=O)CCCCCl. The van der Waals surface area contributed by atoms with E-state index in [2.05, 4.69) is 4.72 Å². The van der Waals surface area contributed by atoms with Crippen LogP contribution in [0.4, 0.5) is 0 Å². The maximum atomic E-state index is 11.3. The summed E-state index contributed by atoms with van der Waals surface area (Å²) in [6, 6.07) is 0. The summed E-state index contributed by atoms with van der Waals surface area (Å²) in [6.07, 6.45) is 1.17. The summed E-state index contributed by atoms with van der Waals surface area (Å²) in [6.45, 7) is -0.184. The fraction of sp³-hybridized carbons (Fsp3) is 0.875. The fourth-order valence-corrected chi connectivity index (χ4v) is 2.05. The van der Waals surface area contributed by atoms with Gasteiger partial charge >= 0.3 is 0 Å². The van der Waals surface area contributed by atoms with E-state index in [4.69, 9.17) is 11.6 Å². The van der Waals surface area contributed by atoms with Crippen molar-refractivity contribution < 1.29 is 13.2 Å². The van der Waals surface area contributed by atoms with Gasteiger partial charge in [0, 0.05) is 20.0 Å². The lowest BCUT2D eigenvalue weighted by molar-refractivity contribution is -0.127. The molecule has 90 valence electrons. The third-order valence-corrected chi connectivity index (χ3v) is 3.42. The molecule has 0 saturated heterocycles.